The fraction of sp³-hybridized carbons (Fsp3) is 0.538. The van der Waals surface area contributed by atoms with E-state index in [9.17, 15) is 13.2 Å². The van der Waals surface area contributed by atoms with Crippen molar-refractivity contribution >= 4 is 21.7 Å². The standard InChI is InChI=1S/C26H37N5O5S/c1-18-15-20(16-19(2)28-18)29-26(32)27-11-14-30-12-9-22(10-13-30)31(21-5-6-21)37(33,34)25-17-23(35-3)7-8-24(25)36-4/h7-8,15-17,21-22H,5-6,9-14H2,1-4H3,(H2,27,28,29,32). The number of nitrogens with zero attached hydrogens (tertiary/aromatic N) is 3. The van der Waals surface area contributed by atoms with Gasteiger partial charge in [0.1, 0.15) is 16.4 Å². The van der Waals surface area contributed by atoms with E-state index < -0.39 is 10.0 Å². The van der Waals surface area contributed by atoms with Gasteiger partial charge in [0, 0.05) is 48.3 Å². The molecule has 0 atom stereocenters. The van der Waals surface area contributed by atoms with Crippen LogP contribution in [0, 0.1) is 13.8 Å². The average molecular weight is 532 g/mol. The van der Waals surface area contributed by atoms with Crippen molar-refractivity contribution in [1.29, 1.82) is 0 Å². The fourth-order valence-electron chi connectivity index (χ4n) is 4.93. The van der Waals surface area contributed by atoms with Gasteiger partial charge in [-0.05, 0) is 76.9 Å². The van der Waals surface area contributed by atoms with Gasteiger partial charge in [0.15, 0.2) is 0 Å². The van der Waals surface area contributed by atoms with Crippen LogP contribution < -0.4 is 20.1 Å². The Morgan fingerprint density at radius 2 is 1.68 bits per heavy atom. The van der Waals surface area contributed by atoms with Crippen LogP contribution in [0.2, 0.25) is 0 Å². The normalized spacial score (nSPS) is 17.0. The Balaban J connectivity index is 1.32. The van der Waals surface area contributed by atoms with Crippen LogP contribution in [0.1, 0.15) is 37.1 Å². The van der Waals surface area contributed by atoms with Gasteiger partial charge in [-0.25, -0.2) is 13.2 Å². The molecule has 1 saturated heterocycles. The number of aromatic nitrogens is 1. The first-order chi connectivity index (χ1) is 17.7. The molecule has 1 aromatic heterocycles. The van der Waals surface area contributed by atoms with Crippen LogP contribution in [-0.2, 0) is 10.0 Å². The molecule has 2 aromatic rings. The topological polar surface area (TPSA) is 113 Å². The molecule has 0 unspecified atom stereocenters. The van der Waals surface area contributed by atoms with Gasteiger partial charge < -0.3 is 25.0 Å². The minimum absolute atomic E-state index is 0.0308. The van der Waals surface area contributed by atoms with Crippen molar-refractivity contribution in [2.45, 2.75) is 56.5 Å². The number of piperidine rings is 1. The first-order valence-electron chi connectivity index (χ1n) is 12.7. The van der Waals surface area contributed by atoms with Crippen molar-refractivity contribution < 1.29 is 22.7 Å². The molecule has 2 fully saturated rings. The summed E-state index contributed by atoms with van der Waals surface area (Å²) in [5, 5.41) is 5.76. The largest absolute Gasteiger partial charge is 0.497 e. The lowest BCUT2D eigenvalue weighted by Crippen LogP contribution is -2.49. The molecular formula is C26H37N5O5S. The number of hydrogen-bond acceptors (Lipinski definition) is 7. The lowest BCUT2D eigenvalue weighted by molar-refractivity contribution is 0.156. The number of likely N-dealkylation sites (tertiary alicyclic amines) is 1. The highest BCUT2D eigenvalue weighted by Crippen LogP contribution is 2.39. The van der Waals surface area contributed by atoms with Crippen molar-refractivity contribution in [1.82, 2.24) is 19.5 Å². The molecule has 202 valence electrons. The second-order valence-corrected chi connectivity index (χ2v) is 11.5. The minimum Gasteiger partial charge on any atom is -0.497 e. The molecule has 4 rings (SSSR count). The molecule has 11 heteroatoms. The number of hydrogen-bond donors (Lipinski definition) is 2. The van der Waals surface area contributed by atoms with Crippen LogP contribution in [0.25, 0.3) is 0 Å². The van der Waals surface area contributed by atoms with Gasteiger partial charge in [-0.3, -0.25) is 4.98 Å². The van der Waals surface area contributed by atoms with Crippen molar-refractivity contribution in [3.8, 4) is 11.5 Å². The Hall–Kier alpha value is -2.89. The predicted octanol–water partition coefficient (Wildman–Crippen LogP) is 3.15. The lowest BCUT2D eigenvalue weighted by Gasteiger charge is -2.38. The molecule has 1 saturated carbocycles. The van der Waals surface area contributed by atoms with E-state index in [1.165, 1.54) is 14.2 Å². The molecule has 0 radical (unpaired) electrons. The maximum absolute atomic E-state index is 13.8. The zero-order chi connectivity index (χ0) is 26.6. The number of carbonyl (C=O) groups is 1. The van der Waals surface area contributed by atoms with E-state index in [1.54, 1.807) is 22.5 Å². The van der Waals surface area contributed by atoms with Crippen molar-refractivity contribution in [3.63, 3.8) is 0 Å². The van der Waals surface area contributed by atoms with E-state index >= 15 is 0 Å². The summed E-state index contributed by atoms with van der Waals surface area (Å²) in [6.45, 7) is 6.53. The summed E-state index contributed by atoms with van der Waals surface area (Å²) < 4.78 is 40.0. The highest BCUT2D eigenvalue weighted by Gasteiger charge is 2.44. The van der Waals surface area contributed by atoms with E-state index in [0.29, 0.717) is 24.6 Å². The zero-order valence-electron chi connectivity index (χ0n) is 22.0. The first kappa shape index (κ1) is 27.2. The van der Waals surface area contributed by atoms with Crippen LogP contribution in [0.4, 0.5) is 10.5 Å². The third kappa shape index (κ3) is 6.71. The molecule has 1 aliphatic heterocycles. The van der Waals surface area contributed by atoms with E-state index in [4.69, 9.17) is 9.47 Å². The SMILES string of the molecule is COc1ccc(OC)c(S(=O)(=O)N(C2CC2)C2CCN(CCNC(=O)Nc3cc(C)nc(C)c3)CC2)c1. The number of amides is 2. The summed E-state index contributed by atoms with van der Waals surface area (Å²) in [7, 11) is -0.754. The molecule has 37 heavy (non-hydrogen) atoms. The van der Waals surface area contributed by atoms with E-state index in [1.807, 2.05) is 26.0 Å². The number of carbonyl (C=O) groups excluding carboxylic acids is 1. The Morgan fingerprint density at radius 1 is 1.03 bits per heavy atom. The Kier molecular flexibility index (Phi) is 8.56. The molecule has 1 aliphatic carbocycles. The third-order valence-corrected chi connectivity index (χ3v) is 8.83. The van der Waals surface area contributed by atoms with Crippen molar-refractivity contribution in [2.24, 2.45) is 0 Å². The van der Waals surface area contributed by atoms with Crippen molar-refractivity contribution in [2.75, 3.05) is 45.7 Å². The molecule has 2 amide bonds. The molecular weight excluding hydrogens is 494 g/mol. The van der Waals surface area contributed by atoms with Gasteiger partial charge in [-0.2, -0.15) is 4.31 Å². The van der Waals surface area contributed by atoms with Crippen LogP contribution >= 0.6 is 0 Å². The number of benzene rings is 1. The van der Waals surface area contributed by atoms with Gasteiger partial charge in [0.05, 0.1) is 14.2 Å². The Labute approximate surface area is 219 Å². The Morgan fingerprint density at radius 3 is 2.27 bits per heavy atom. The van der Waals surface area contributed by atoms with E-state index in [0.717, 1.165) is 55.8 Å². The highest BCUT2D eigenvalue weighted by atomic mass is 32.2. The third-order valence-electron chi connectivity index (χ3n) is 6.80. The maximum Gasteiger partial charge on any atom is 0.319 e. The number of pyridine rings is 1. The predicted molar refractivity (Wildman–Crippen MR) is 142 cm³/mol. The number of methoxy groups -OCH3 is 2. The summed E-state index contributed by atoms with van der Waals surface area (Å²) in [6, 6.07) is 8.26. The van der Waals surface area contributed by atoms with Gasteiger partial charge in [0.2, 0.25) is 10.0 Å². The number of urea groups is 1. The van der Waals surface area contributed by atoms with Crippen LogP contribution in [0.5, 0.6) is 11.5 Å². The van der Waals surface area contributed by atoms with Crippen LogP contribution in [0.15, 0.2) is 35.2 Å². The van der Waals surface area contributed by atoms with Gasteiger partial charge in [-0.1, -0.05) is 0 Å². The van der Waals surface area contributed by atoms with E-state index in [2.05, 4.69) is 20.5 Å². The number of rotatable bonds is 10. The summed E-state index contributed by atoms with van der Waals surface area (Å²) >= 11 is 0. The molecule has 1 aromatic carbocycles. The molecule has 0 spiro atoms. The number of ether oxygens (including phenoxy) is 2. The van der Waals surface area contributed by atoms with Crippen LogP contribution in [-0.4, -0.2) is 81.1 Å². The number of anilines is 1. The number of nitrogens with one attached hydrogen (secondary N) is 2. The summed E-state index contributed by atoms with van der Waals surface area (Å²) in [6.07, 6.45) is 3.23. The summed E-state index contributed by atoms with van der Waals surface area (Å²) in [5.74, 6) is 0.806. The van der Waals surface area contributed by atoms with Crippen molar-refractivity contribution in [3.05, 3.63) is 41.7 Å². The van der Waals surface area contributed by atoms with Gasteiger partial charge in [-0.15, -0.1) is 0 Å². The highest BCUT2D eigenvalue weighted by molar-refractivity contribution is 7.89. The average Bonchev–Trinajstić information content (AvgIpc) is 3.69. The van der Waals surface area contributed by atoms with Gasteiger partial charge in [0.25, 0.3) is 0 Å². The van der Waals surface area contributed by atoms with Crippen LogP contribution in [0.3, 0.4) is 0 Å². The smallest absolute Gasteiger partial charge is 0.319 e. The fourth-order valence-corrected chi connectivity index (χ4v) is 7.03. The monoisotopic (exact) mass is 531 g/mol. The maximum atomic E-state index is 13.8. The molecule has 2 heterocycles. The second kappa shape index (κ2) is 11.7. The molecule has 10 nitrogen and oxygen atoms in total. The lowest BCUT2D eigenvalue weighted by atomic mass is 10.0. The second-order valence-electron chi connectivity index (χ2n) is 9.68. The Bertz CT molecular complexity index is 1190. The number of aryl methyl sites for hydroxylation is 2. The molecule has 2 aliphatic rings. The quantitative estimate of drug-likeness (QED) is 0.484. The molecule has 0 bridgehead atoms. The first-order valence-corrected chi connectivity index (χ1v) is 14.1. The summed E-state index contributed by atoms with van der Waals surface area (Å²) in [5.41, 5.74) is 2.42. The summed E-state index contributed by atoms with van der Waals surface area (Å²) in [4.78, 5) is 19.0. The number of sulfonamides is 1. The molecule has 2 N–H and O–H groups in total. The zero-order valence-corrected chi connectivity index (χ0v) is 22.8. The van der Waals surface area contributed by atoms with Gasteiger partial charge >= 0.3 is 6.03 Å². The minimum atomic E-state index is -3.75. The van der Waals surface area contributed by atoms with E-state index in [-0.39, 0.29) is 23.0 Å².